The Hall–Kier alpha value is -1.77. The van der Waals surface area contributed by atoms with Gasteiger partial charge >= 0.3 is 0 Å². The Balaban J connectivity index is 2.04. The standard InChI is InChI=1S/C12H16N4O3S/c1-9(13)10-3-2-4-11(7-10)20(17,18)16-6-5-12-14-8-15-19-12/h2-4,7-9,16H,5-6,13H2,1H3. The minimum atomic E-state index is -3.56. The van der Waals surface area contributed by atoms with Crippen LogP contribution >= 0.6 is 0 Å². The third-order valence-electron chi connectivity index (χ3n) is 2.73. The molecule has 1 aromatic heterocycles. The van der Waals surface area contributed by atoms with Crippen molar-refractivity contribution in [2.45, 2.75) is 24.3 Å². The number of nitrogens with two attached hydrogens (primary N) is 1. The quantitative estimate of drug-likeness (QED) is 0.808. The lowest BCUT2D eigenvalue weighted by Crippen LogP contribution is -2.26. The lowest BCUT2D eigenvalue weighted by molar-refractivity contribution is 0.377. The van der Waals surface area contributed by atoms with Crippen LogP contribution in [0.5, 0.6) is 0 Å². The highest BCUT2D eigenvalue weighted by Gasteiger charge is 2.15. The first-order valence-corrected chi connectivity index (χ1v) is 7.58. The van der Waals surface area contributed by atoms with Gasteiger partial charge in [-0.25, -0.2) is 13.1 Å². The van der Waals surface area contributed by atoms with Crippen molar-refractivity contribution in [3.8, 4) is 0 Å². The molecule has 0 aliphatic rings. The molecule has 0 bridgehead atoms. The number of nitrogens with one attached hydrogen (secondary N) is 1. The highest BCUT2D eigenvalue weighted by molar-refractivity contribution is 7.89. The van der Waals surface area contributed by atoms with Gasteiger partial charge in [-0.1, -0.05) is 17.3 Å². The van der Waals surface area contributed by atoms with Gasteiger partial charge in [0.25, 0.3) is 0 Å². The summed E-state index contributed by atoms with van der Waals surface area (Å²) in [7, 11) is -3.56. The summed E-state index contributed by atoms with van der Waals surface area (Å²) < 4.78 is 31.5. The first-order chi connectivity index (χ1) is 9.49. The number of benzene rings is 1. The molecule has 2 aromatic rings. The van der Waals surface area contributed by atoms with Gasteiger partial charge in [-0.3, -0.25) is 0 Å². The fraction of sp³-hybridized carbons (Fsp3) is 0.333. The molecular formula is C12H16N4O3S. The number of sulfonamides is 1. The lowest BCUT2D eigenvalue weighted by atomic mass is 10.1. The molecule has 1 heterocycles. The largest absolute Gasteiger partial charge is 0.340 e. The zero-order valence-corrected chi connectivity index (χ0v) is 11.8. The molecule has 1 unspecified atom stereocenters. The molecule has 2 rings (SSSR count). The zero-order valence-electron chi connectivity index (χ0n) is 11.0. The van der Waals surface area contributed by atoms with Crippen LogP contribution in [0, 0.1) is 0 Å². The van der Waals surface area contributed by atoms with Crippen LogP contribution in [0.4, 0.5) is 0 Å². The fourth-order valence-electron chi connectivity index (χ4n) is 1.65. The highest BCUT2D eigenvalue weighted by atomic mass is 32.2. The molecule has 108 valence electrons. The maximum absolute atomic E-state index is 12.1. The SMILES string of the molecule is CC(N)c1cccc(S(=O)(=O)NCCc2ncno2)c1. The Kier molecular flexibility index (Phi) is 4.48. The normalized spacial score (nSPS) is 13.3. The molecule has 1 aromatic carbocycles. The Bertz CT molecular complexity index is 653. The van der Waals surface area contributed by atoms with Crippen LogP contribution in [0.1, 0.15) is 24.4 Å². The van der Waals surface area contributed by atoms with E-state index in [4.69, 9.17) is 10.3 Å². The van der Waals surface area contributed by atoms with Gasteiger partial charge in [0, 0.05) is 19.0 Å². The number of rotatable bonds is 6. The summed E-state index contributed by atoms with van der Waals surface area (Å²) in [6.45, 7) is 1.99. The first kappa shape index (κ1) is 14.6. The van der Waals surface area contributed by atoms with Gasteiger partial charge in [-0.05, 0) is 24.6 Å². The van der Waals surface area contributed by atoms with Crippen molar-refractivity contribution >= 4 is 10.0 Å². The molecule has 0 saturated heterocycles. The smallest absolute Gasteiger partial charge is 0.240 e. The van der Waals surface area contributed by atoms with Crippen LogP contribution < -0.4 is 10.5 Å². The highest BCUT2D eigenvalue weighted by Crippen LogP contribution is 2.15. The van der Waals surface area contributed by atoms with Gasteiger partial charge < -0.3 is 10.3 Å². The summed E-state index contributed by atoms with van der Waals surface area (Å²) >= 11 is 0. The maximum Gasteiger partial charge on any atom is 0.240 e. The molecule has 0 aliphatic carbocycles. The van der Waals surface area contributed by atoms with Crippen molar-refractivity contribution in [2.24, 2.45) is 5.73 Å². The average Bonchev–Trinajstić information content (AvgIpc) is 2.92. The van der Waals surface area contributed by atoms with Crippen LogP contribution in [-0.4, -0.2) is 25.1 Å². The van der Waals surface area contributed by atoms with Crippen LogP contribution in [0.25, 0.3) is 0 Å². The summed E-state index contributed by atoms with van der Waals surface area (Å²) in [4.78, 5) is 4.01. The van der Waals surface area contributed by atoms with Crippen molar-refractivity contribution in [3.63, 3.8) is 0 Å². The van der Waals surface area contributed by atoms with Crippen LogP contribution in [-0.2, 0) is 16.4 Å². The summed E-state index contributed by atoms with van der Waals surface area (Å²) in [5.41, 5.74) is 6.52. The van der Waals surface area contributed by atoms with E-state index in [2.05, 4.69) is 14.9 Å². The van der Waals surface area contributed by atoms with E-state index in [0.29, 0.717) is 12.3 Å². The predicted octanol–water partition coefficient (Wildman–Crippen LogP) is 0.610. The van der Waals surface area contributed by atoms with E-state index in [1.54, 1.807) is 25.1 Å². The molecule has 1 atom stereocenters. The van der Waals surface area contributed by atoms with Crippen molar-refractivity contribution in [2.75, 3.05) is 6.54 Å². The van der Waals surface area contributed by atoms with Crippen LogP contribution in [0.15, 0.2) is 40.0 Å². The Morgan fingerprint density at radius 3 is 2.90 bits per heavy atom. The van der Waals surface area contributed by atoms with Crippen LogP contribution in [0.2, 0.25) is 0 Å². The minimum absolute atomic E-state index is 0.187. The third-order valence-corrected chi connectivity index (χ3v) is 4.19. The summed E-state index contributed by atoms with van der Waals surface area (Å²) in [5.74, 6) is 0.386. The van der Waals surface area contributed by atoms with Crippen molar-refractivity contribution in [3.05, 3.63) is 42.0 Å². The number of nitrogens with zero attached hydrogens (tertiary/aromatic N) is 2. The van der Waals surface area contributed by atoms with Gasteiger partial charge in [0.2, 0.25) is 15.9 Å². The van der Waals surface area contributed by atoms with E-state index in [-0.39, 0.29) is 17.5 Å². The fourth-order valence-corrected chi connectivity index (χ4v) is 2.73. The van der Waals surface area contributed by atoms with Gasteiger partial charge in [-0.2, -0.15) is 4.98 Å². The molecule has 8 heteroatoms. The van der Waals surface area contributed by atoms with E-state index in [1.807, 2.05) is 0 Å². The third kappa shape index (κ3) is 3.62. The number of hydrogen-bond donors (Lipinski definition) is 2. The monoisotopic (exact) mass is 296 g/mol. The zero-order chi connectivity index (χ0) is 14.6. The van der Waals surface area contributed by atoms with E-state index < -0.39 is 10.0 Å². The Morgan fingerprint density at radius 1 is 1.45 bits per heavy atom. The molecule has 0 radical (unpaired) electrons. The van der Waals surface area contributed by atoms with Gasteiger partial charge in [-0.15, -0.1) is 0 Å². The summed E-state index contributed by atoms with van der Waals surface area (Å²) in [5, 5.41) is 3.45. The maximum atomic E-state index is 12.1. The molecule has 0 amide bonds. The van der Waals surface area contributed by atoms with E-state index >= 15 is 0 Å². The second kappa shape index (κ2) is 6.12. The number of aromatic nitrogens is 2. The lowest BCUT2D eigenvalue weighted by Gasteiger charge is -2.09. The second-order valence-corrected chi connectivity index (χ2v) is 6.11. The molecule has 3 N–H and O–H groups in total. The summed E-state index contributed by atoms with van der Waals surface area (Å²) in [6, 6.07) is 6.34. The molecule has 7 nitrogen and oxygen atoms in total. The van der Waals surface area contributed by atoms with Crippen molar-refractivity contribution in [1.82, 2.24) is 14.9 Å². The molecule has 0 aliphatic heterocycles. The van der Waals surface area contributed by atoms with Gasteiger partial charge in [0.05, 0.1) is 4.90 Å². The molecule has 0 spiro atoms. The molecule has 0 saturated carbocycles. The minimum Gasteiger partial charge on any atom is -0.340 e. The van der Waals surface area contributed by atoms with Crippen molar-refractivity contribution < 1.29 is 12.9 Å². The molecular weight excluding hydrogens is 280 g/mol. The van der Waals surface area contributed by atoms with E-state index in [0.717, 1.165) is 5.56 Å². The summed E-state index contributed by atoms with van der Waals surface area (Å²) in [6.07, 6.45) is 1.61. The van der Waals surface area contributed by atoms with Crippen molar-refractivity contribution in [1.29, 1.82) is 0 Å². The predicted molar refractivity (Wildman–Crippen MR) is 72.2 cm³/mol. The second-order valence-electron chi connectivity index (χ2n) is 4.34. The Morgan fingerprint density at radius 2 is 2.25 bits per heavy atom. The van der Waals surface area contributed by atoms with E-state index in [9.17, 15) is 8.42 Å². The topological polar surface area (TPSA) is 111 Å². The Labute approximate surface area is 117 Å². The molecule has 0 fully saturated rings. The average molecular weight is 296 g/mol. The molecule has 20 heavy (non-hydrogen) atoms. The van der Waals surface area contributed by atoms with Crippen LogP contribution in [0.3, 0.4) is 0 Å². The van der Waals surface area contributed by atoms with Gasteiger partial charge in [0.15, 0.2) is 6.33 Å². The number of hydrogen-bond acceptors (Lipinski definition) is 6. The van der Waals surface area contributed by atoms with Gasteiger partial charge in [0.1, 0.15) is 0 Å². The first-order valence-electron chi connectivity index (χ1n) is 6.10. The van der Waals surface area contributed by atoms with E-state index in [1.165, 1.54) is 12.4 Å².